The van der Waals surface area contributed by atoms with E-state index in [0.717, 1.165) is 6.07 Å². The molecule has 2 N–H and O–H groups in total. The van der Waals surface area contributed by atoms with E-state index in [-0.39, 0.29) is 28.6 Å². The summed E-state index contributed by atoms with van der Waals surface area (Å²) < 4.78 is 40.1. The summed E-state index contributed by atoms with van der Waals surface area (Å²) in [5.41, 5.74) is -0.370. The number of ether oxygens (including phenoxy) is 2. The van der Waals surface area contributed by atoms with Gasteiger partial charge in [-0.25, -0.2) is 18.6 Å². The third-order valence-corrected chi connectivity index (χ3v) is 5.63. The van der Waals surface area contributed by atoms with Crippen LogP contribution in [0.1, 0.15) is 10.4 Å². The lowest BCUT2D eigenvalue weighted by atomic mass is 10.2. The highest BCUT2D eigenvalue weighted by Crippen LogP contribution is 2.28. The third-order valence-electron chi connectivity index (χ3n) is 5.63. The van der Waals surface area contributed by atoms with Crippen LogP contribution in [-0.4, -0.2) is 21.6 Å². The predicted molar refractivity (Wildman–Crippen MR) is 147 cm³/mol. The molecule has 0 unspecified atom stereocenters. The Morgan fingerprint density at radius 1 is 0.805 bits per heavy atom. The summed E-state index contributed by atoms with van der Waals surface area (Å²) in [7, 11) is 0. The lowest BCUT2D eigenvalue weighted by Crippen LogP contribution is -2.27. The lowest BCUT2D eigenvalue weighted by molar-refractivity contribution is 0.102. The zero-order valence-electron chi connectivity index (χ0n) is 21.1. The number of anilines is 2. The van der Waals surface area contributed by atoms with E-state index in [2.05, 4.69) is 15.6 Å². The number of rotatable bonds is 7. The van der Waals surface area contributed by atoms with E-state index in [1.54, 1.807) is 30.3 Å². The van der Waals surface area contributed by atoms with Gasteiger partial charge in [0, 0.05) is 35.9 Å². The topological polar surface area (TPSA) is 112 Å². The Balaban J connectivity index is 1.25. The molecule has 0 aliphatic heterocycles. The molecule has 0 spiro atoms. The van der Waals surface area contributed by atoms with Crippen molar-refractivity contribution in [3.8, 4) is 22.9 Å². The zero-order valence-corrected chi connectivity index (χ0v) is 21.1. The number of pyridine rings is 2. The number of carbonyl (C=O) groups is 2. The van der Waals surface area contributed by atoms with Gasteiger partial charge in [-0.1, -0.05) is 18.2 Å². The average Bonchev–Trinajstić information content (AvgIpc) is 2.96. The van der Waals surface area contributed by atoms with Crippen molar-refractivity contribution in [1.29, 1.82) is 0 Å². The first kappa shape index (κ1) is 26.8. The molecule has 2 amide bonds. The van der Waals surface area contributed by atoms with Crippen LogP contribution in [0.25, 0.3) is 5.69 Å². The van der Waals surface area contributed by atoms with Crippen LogP contribution in [0.5, 0.6) is 17.2 Å². The number of aromatic nitrogens is 2. The Morgan fingerprint density at radius 2 is 1.59 bits per heavy atom. The van der Waals surface area contributed by atoms with Crippen LogP contribution in [0.4, 0.5) is 25.1 Å². The summed E-state index contributed by atoms with van der Waals surface area (Å²) in [6.07, 6.45) is 2.04. The lowest BCUT2D eigenvalue weighted by Gasteiger charge is -2.11. The number of amides is 2. The van der Waals surface area contributed by atoms with Gasteiger partial charge in [-0.2, -0.15) is 0 Å². The highest BCUT2D eigenvalue weighted by Gasteiger charge is 2.15. The molecule has 9 nitrogen and oxygen atoms in total. The Labute approximate surface area is 231 Å². The SMILES string of the molecule is O=C(Nc1cc(Oc2ccc(NC(=O)c3cccn(-c4ccc(F)cc4)c3=O)cc2F)ccn1)Oc1ccccc1. The molecule has 204 valence electrons. The molecule has 0 fully saturated rings. The van der Waals surface area contributed by atoms with Crippen molar-refractivity contribution in [3.63, 3.8) is 0 Å². The molecule has 2 aromatic heterocycles. The molecule has 5 rings (SSSR count). The van der Waals surface area contributed by atoms with Gasteiger partial charge in [-0.05, 0) is 66.7 Å². The van der Waals surface area contributed by atoms with Gasteiger partial charge in [0.05, 0.1) is 0 Å². The van der Waals surface area contributed by atoms with Crippen molar-refractivity contribution in [2.75, 3.05) is 10.6 Å². The van der Waals surface area contributed by atoms with Crippen LogP contribution in [0, 0.1) is 11.6 Å². The van der Waals surface area contributed by atoms with Crippen molar-refractivity contribution in [1.82, 2.24) is 9.55 Å². The van der Waals surface area contributed by atoms with Gasteiger partial charge in [0.25, 0.3) is 11.5 Å². The van der Waals surface area contributed by atoms with Gasteiger partial charge in [-0.3, -0.25) is 19.5 Å². The molecule has 0 aliphatic rings. The molecule has 0 bridgehead atoms. The van der Waals surface area contributed by atoms with Crippen molar-refractivity contribution in [3.05, 3.63) is 137 Å². The fourth-order valence-corrected chi connectivity index (χ4v) is 3.73. The molecule has 0 saturated heterocycles. The van der Waals surface area contributed by atoms with Gasteiger partial charge < -0.3 is 14.8 Å². The number of halogens is 2. The first-order chi connectivity index (χ1) is 19.9. The standard InChI is InChI=1S/C30H20F2N4O5/c31-19-8-11-21(12-9-19)36-16-4-7-24(29(36)38)28(37)34-20-10-13-26(25(32)17-20)40-23-14-15-33-27(18-23)35-30(39)41-22-5-2-1-3-6-22/h1-18H,(H,34,37)(H,33,35,39). The molecule has 0 radical (unpaired) electrons. The maximum absolute atomic E-state index is 14.9. The van der Waals surface area contributed by atoms with E-state index in [0.29, 0.717) is 11.4 Å². The van der Waals surface area contributed by atoms with Crippen LogP contribution < -0.4 is 25.7 Å². The molecule has 0 aliphatic carbocycles. The molecule has 3 aromatic carbocycles. The monoisotopic (exact) mass is 554 g/mol. The number of benzene rings is 3. The summed E-state index contributed by atoms with van der Waals surface area (Å²) in [6.45, 7) is 0. The molecular formula is C30H20F2N4O5. The predicted octanol–water partition coefficient (Wildman–Crippen LogP) is 6.17. The Bertz CT molecular complexity index is 1780. The third kappa shape index (κ3) is 6.60. The molecule has 11 heteroatoms. The number of carbonyl (C=O) groups excluding carboxylic acids is 2. The molecule has 5 aromatic rings. The zero-order chi connectivity index (χ0) is 28.8. The largest absolute Gasteiger partial charge is 0.454 e. The van der Waals surface area contributed by atoms with Gasteiger partial charge in [0.15, 0.2) is 11.6 Å². The number of nitrogens with zero attached hydrogens (tertiary/aromatic N) is 2. The summed E-state index contributed by atoms with van der Waals surface area (Å²) in [5.74, 6) is -1.54. The minimum absolute atomic E-state index is 0.0807. The van der Waals surface area contributed by atoms with E-state index in [1.165, 1.54) is 77.6 Å². The molecule has 41 heavy (non-hydrogen) atoms. The second-order valence-corrected chi connectivity index (χ2v) is 8.48. The summed E-state index contributed by atoms with van der Waals surface area (Å²) in [5, 5.41) is 4.95. The van der Waals surface area contributed by atoms with E-state index in [4.69, 9.17) is 9.47 Å². The Hall–Kier alpha value is -5.84. The number of nitrogens with one attached hydrogen (secondary N) is 2. The smallest absolute Gasteiger partial charge is 0.418 e. The minimum Gasteiger partial charge on any atom is -0.454 e. The highest BCUT2D eigenvalue weighted by atomic mass is 19.1. The van der Waals surface area contributed by atoms with E-state index in [1.807, 2.05) is 0 Å². The highest BCUT2D eigenvalue weighted by molar-refractivity contribution is 6.04. The van der Waals surface area contributed by atoms with Crippen LogP contribution in [0.3, 0.4) is 0 Å². The molecular weight excluding hydrogens is 534 g/mol. The fraction of sp³-hybridized carbons (Fsp3) is 0. The number of hydrogen-bond acceptors (Lipinski definition) is 6. The minimum atomic E-state index is -0.797. The number of para-hydroxylation sites is 1. The van der Waals surface area contributed by atoms with Crippen molar-refractivity contribution in [2.24, 2.45) is 0 Å². The summed E-state index contributed by atoms with van der Waals surface area (Å²) in [4.78, 5) is 41.8. The second kappa shape index (κ2) is 11.9. The summed E-state index contributed by atoms with van der Waals surface area (Å²) in [6, 6.07) is 23.1. The van der Waals surface area contributed by atoms with Crippen molar-refractivity contribution >= 4 is 23.5 Å². The molecule has 0 atom stereocenters. The maximum Gasteiger partial charge on any atom is 0.418 e. The van der Waals surface area contributed by atoms with Crippen LogP contribution in [0.15, 0.2) is 114 Å². The first-order valence-corrected chi connectivity index (χ1v) is 12.1. The summed E-state index contributed by atoms with van der Waals surface area (Å²) >= 11 is 0. The van der Waals surface area contributed by atoms with Crippen molar-refractivity contribution < 1.29 is 27.8 Å². The molecule has 2 heterocycles. The molecule has 0 saturated carbocycles. The normalized spacial score (nSPS) is 10.5. The van der Waals surface area contributed by atoms with Gasteiger partial charge in [0.1, 0.15) is 28.7 Å². The Kier molecular flexibility index (Phi) is 7.77. The van der Waals surface area contributed by atoms with Crippen molar-refractivity contribution in [2.45, 2.75) is 0 Å². The maximum atomic E-state index is 14.9. The van der Waals surface area contributed by atoms with Crippen LogP contribution in [-0.2, 0) is 0 Å². The van der Waals surface area contributed by atoms with E-state index in [9.17, 15) is 23.2 Å². The average molecular weight is 555 g/mol. The van der Waals surface area contributed by atoms with E-state index < -0.39 is 29.2 Å². The van der Waals surface area contributed by atoms with Crippen LogP contribution >= 0.6 is 0 Å². The van der Waals surface area contributed by atoms with Gasteiger partial charge >= 0.3 is 6.09 Å². The van der Waals surface area contributed by atoms with Gasteiger partial charge in [0.2, 0.25) is 0 Å². The van der Waals surface area contributed by atoms with E-state index >= 15 is 0 Å². The quantitative estimate of drug-likeness (QED) is 0.249. The fourth-order valence-electron chi connectivity index (χ4n) is 3.73. The second-order valence-electron chi connectivity index (χ2n) is 8.48. The first-order valence-electron chi connectivity index (χ1n) is 12.1. The Morgan fingerprint density at radius 3 is 2.34 bits per heavy atom. The number of hydrogen-bond donors (Lipinski definition) is 2. The van der Waals surface area contributed by atoms with Crippen LogP contribution in [0.2, 0.25) is 0 Å². The van der Waals surface area contributed by atoms with Gasteiger partial charge in [-0.15, -0.1) is 0 Å².